The standard InChI is InChI=1S/C23H28N2O2/c1-22(2,3)24-21(27)23(15-16-23)25(17-14-18-10-6-4-7-11-18)20(26)19-12-8-5-9-13-19/h4-13H,14-17H2,1-3H3,(H,24,27). The Morgan fingerprint density at radius 1 is 0.963 bits per heavy atom. The lowest BCUT2D eigenvalue weighted by Gasteiger charge is -2.34. The number of nitrogens with one attached hydrogen (secondary N) is 1. The number of hydrogen-bond acceptors (Lipinski definition) is 2. The molecule has 0 heterocycles. The monoisotopic (exact) mass is 364 g/mol. The third-order valence-corrected chi connectivity index (χ3v) is 4.88. The van der Waals surface area contributed by atoms with Crippen molar-refractivity contribution >= 4 is 11.8 Å². The van der Waals surface area contributed by atoms with Crippen LogP contribution in [0, 0.1) is 0 Å². The second-order valence-corrected chi connectivity index (χ2v) is 8.29. The van der Waals surface area contributed by atoms with Crippen LogP contribution in [-0.4, -0.2) is 34.3 Å². The first-order valence-corrected chi connectivity index (χ1v) is 9.55. The van der Waals surface area contributed by atoms with E-state index in [0.717, 1.165) is 12.0 Å². The summed E-state index contributed by atoms with van der Waals surface area (Å²) in [5.74, 6) is -0.125. The number of nitrogens with zero attached hydrogens (tertiary/aromatic N) is 1. The minimum absolute atomic E-state index is 0.0488. The van der Waals surface area contributed by atoms with Gasteiger partial charge in [0.15, 0.2) is 0 Å². The highest BCUT2D eigenvalue weighted by molar-refractivity contribution is 6.00. The van der Waals surface area contributed by atoms with Gasteiger partial charge in [-0.25, -0.2) is 0 Å². The fourth-order valence-electron chi connectivity index (χ4n) is 3.33. The maximum Gasteiger partial charge on any atom is 0.254 e. The molecule has 0 radical (unpaired) electrons. The summed E-state index contributed by atoms with van der Waals surface area (Å²) in [4.78, 5) is 28.1. The van der Waals surface area contributed by atoms with Crippen LogP contribution in [0.2, 0.25) is 0 Å². The first kappa shape index (κ1) is 19.2. The van der Waals surface area contributed by atoms with Crippen molar-refractivity contribution in [2.75, 3.05) is 6.54 Å². The Balaban J connectivity index is 1.85. The molecule has 4 heteroatoms. The van der Waals surface area contributed by atoms with Crippen LogP contribution in [0.4, 0.5) is 0 Å². The molecule has 1 aliphatic rings. The highest BCUT2D eigenvalue weighted by Crippen LogP contribution is 2.43. The van der Waals surface area contributed by atoms with Gasteiger partial charge in [-0.1, -0.05) is 48.5 Å². The molecule has 0 saturated heterocycles. The van der Waals surface area contributed by atoms with Gasteiger partial charge in [0.2, 0.25) is 5.91 Å². The summed E-state index contributed by atoms with van der Waals surface area (Å²) in [6, 6.07) is 19.3. The fourth-order valence-corrected chi connectivity index (χ4v) is 3.33. The van der Waals surface area contributed by atoms with E-state index in [0.29, 0.717) is 24.9 Å². The molecule has 0 atom stereocenters. The largest absolute Gasteiger partial charge is 0.349 e. The maximum absolute atomic E-state index is 13.3. The van der Waals surface area contributed by atoms with Crippen LogP contribution in [0.5, 0.6) is 0 Å². The third kappa shape index (κ3) is 4.57. The minimum Gasteiger partial charge on any atom is -0.349 e. The Hall–Kier alpha value is -2.62. The van der Waals surface area contributed by atoms with Crippen molar-refractivity contribution in [1.29, 1.82) is 0 Å². The normalized spacial score (nSPS) is 15.1. The molecule has 0 aromatic heterocycles. The quantitative estimate of drug-likeness (QED) is 0.847. The first-order valence-electron chi connectivity index (χ1n) is 9.55. The van der Waals surface area contributed by atoms with Gasteiger partial charge in [-0.3, -0.25) is 9.59 Å². The summed E-state index contributed by atoms with van der Waals surface area (Å²) < 4.78 is 0. The highest BCUT2D eigenvalue weighted by atomic mass is 16.2. The van der Waals surface area contributed by atoms with E-state index in [1.54, 1.807) is 4.90 Å². The Morgan fingerprint density at radius 2 is 1.52 bits per heavy atom. The van der Waals surface area contributed by atoms with Crippen LogP contribution in [0.3, 0.4) is 0 Å². The summed E-state index contributed by atoms with van der Waals surface area (Å²) in [5.41, 5.74) is 0.735. The summed E-state index contributed by atoms with van der Waals surface area (Å²) in [6.45, 7) is 6.42. The molecule has 3 rings (SSSR count). The second kappa shape index (κ2) is 7.55. The molecule has 1 aliphatic carbocycles. The molecule has 2 amide bonds. The first-order chi connectivity index (χ1) is 12.8. The van der Waals surface area contributed by atoms with Crippen LogP contribution in [0.1, 0.15) is 49.5 Å². The number of benzene rings is 2. The molecule has 1 fully saturated rings. The van der Waals surface area contributed by atoms with Gasteiger partial charge in [0.25, 0.3) is 5.91 Å². The molecule has 0 unspecified atom stereocenters. The number of hydrogen-bond donors (Lipinski definition) is 1. The van der Waals surface area contributed by atoms with Crippen molar-refractivity contribution < 1.29 is 9.59 Å². The topological polar surface area (TPSA) is 49.4 Å². The highest BCUT2D eigenvalue weighted by Gasteiger charge is 2.56. The van der Waals surface area contributed by atoms with Gasteiger partial charge in [0.1, 0.15) is 5.54 Å². The summed E-state index contributed by atoms with van der Waals surface area (Å²) in [6.07, 6.45) is 2.15. The molecular formula is C23H28N2O2. The third-order valence-electron chi connectivity index (χ3n) is 4.88. The molecule has 2 aromatic carbocycles. The summed E-state index contributed by atoms with van der Waals surface area (Å²) in [5, 5.41) is 3.07. The fraction of sp³-hybridized carbons (Fsp3) is 0.391. The molecule has 1 N–H and O–H groups in total. The van der Waals surface area contributed by atoms with Crippen LogP contribution in [0.25, 0.3) is 0 Å². The van der Waals surface area contributed by atoms with E-state index in [2.05, 4.69) is 17.4 Å². The maximum atomic E-state index is 13.3. The van der Waals surface area contributed by atoms with E-state index >= 15 is 0 Å². The van der Waals surface area contributed by atoms with Gasteiger partial charge >= 0.3 is 0 Å². The summed E-state index contributed by atoms with van der Waals surface area (Å²) >= 11 is 0. The van der Waals surface area contributed by atoms with Crippen LogP contribution < -0.4 is 5.32 Å². The van der Waals surface area contributed by atoms with Crippen LogP contribution in [-0.2, 0) is 11.2 Å². The zero-order chi connectivity index (χ0) is 19.5. The smallest absolute Gasteiger partial charge is 0.254 e. The van der Waals surface area contributed by atoms with E-state index in [-0.39, 0.29) is 17.4 Å². The van der Waals surface area contributed by atoms with Crippen molar-refractivity contribution in [3.05, 3.63) is 71.8 Å². The Bertz CT molecular complexity index is 790. The molecule has 1 saturated carbocycles. The lowest BCUT2D eigenvalue weighted by molar-refractivity contribution is -0.128. The van der Waals surface area contributed by atoms with E-state index in [1.807, 2.05) is 69.3 Å². The zero-order valence-electron chi connectivity index (χ0n) is 16.4. The zero-order valence-corrected chi connectivity index (χ0v) is 16.4. The molecule has 142 valence electrons. The van der Waals surface area contributed by atoms with Gasteiger partial charge in [-0.2, -0.15) is 0 Å². The Morgan fingerprint density at radius 3 is 2.04 bits per heavy atom. The minimum atomic E-state index is -0.727. The number of carbonyl (C=O) groups is 2. The van der Waals surface area contributed by atoms with E-state index in [1.165, 1.54) is 0 Å². The van der Waals surface area contributed by atoms with Crippen molar-refractivity contribution in [2.45, 2.75) is 51.1 Å². The molecule has 4 nitrogen and oxygen atoms in total. The molecule has 0 bridgehead atoms. The van der Waals surface area contributed by atoms with Crippen molar-refractivity contribution in [2.24, 2.45) is 0 Å². The average Bonchev–Trinajstić information content (AvgIpc) is 3.44. The van der Waals surface area contributed by atoms with E-state index in [9.17, 15) is 9.59 Å². The molecule has 2 aromatic rings. The van der Waals surface area contributed by atoms with Crippen molar-refractivity contribution in [1.82, 2.24) is 10.2 Å². The lowest BCUT2D eigenvalue weighted by atomic mass is 10.0. The molecule has 0 aliphatic heterocycles. The number of amides is 2. The molecule has 0 spiro atoms. The summed E-state index contributed by atoms with van der Waals surface area (Å²) in [7, 11) is 0. The Labute approximate surface area is 161 Å². The van der Waals surface area contributed by atoms with E-state index in [4.69, 9.17) is 0 Å². The molecular weight excluding hydrogens is 336 g/mol. The van der Waals surface area contributed by atoms with Crippen molar-refractivity contribution in [3.8, 4) is 0 Å². The van der Waals surface area contributed by atoms with Gasteiger partial charge in [0.05, 0.1) is 0 Å². The van der Waals surface area contributed by atoms with Gasteiger partial charge in [0, 0.05) is 17.6 Å². The molecule has 27 heavy (non-hydrogen) atoms. The lowest BCUT2D eigenvalue weighted by Crippen LogP contribution is -2.56. The predicted molar refractivity (Wildman–Crippen MR) is 107 cm³/mol. The van der Waals surface area contributed by atoms with Crippen LogP contribution in [0.15, 0.2) is 60.7 Å². The predicted octanol–water partition coefficient (Wildman–Crippen LogP) is 3.82. The Kier molecular flexibility index (Phi) is 5.36. The van der Waals surface area contributed by atoms with Crippen LogP contribution >= 0.6 is 0 Å². The number of carbonyl (C=O) groups excluding carboxylic acids is 2. The second-order valence-electron chi connectivity index (χ2n) is 8.29. The number of rotatable bonds is 6. The van der Waals surface area contributed by atoms with Gasteiger partial charge in [-0.05, 0) is 57.7 Å². The van der Waals surface area contributed by atoms with Gasteiger partial charge in [-0.15, -0.1) is 0 Å². The van der Waals surface area contributed by atoms with Gasteiger partial charge < -0.3 is 10.2 Å². The average molecular weight is 364 g/mol. The van der Waals surface area contributed by atoms with E-state index < -0.39 is 5.54 Å². The SMILES string of the molecule is CC(C)(C)NC(=O)C1(N(CCc2ccccc2)C(=O)c2ccccc2)CC1. The van der Waals surface area contributed by atoms with Crippen molar-refractivity contribution in [3.63, 3.8) is 0 Å².